The van der Waals surface area contributed by atoms with Gasteiger partial charge < -0.3 is 10.6 Å². The number of nitrogens with one attached hydrogen (secondary N) is 2. The summed E-state index contributed by atoms with van der Waals surface area (Å²) in [5.41, 5.74) is 1.24. The minimum Gasteiger partial charge on any atom is -0.350 e. The number of halogens is 1. The van der Waals surface area contributed by atoms with Gasteiger partial charge in [-0.15, -0.1) is 0 Å². The highest BCUT2D eigenvalue weighted by Crippen LogP contribution is 2.15. The Balaban J connectivity index is 2.13. The van der Waals surface area contributed by atoms with E-state index < -0.39 is 6.04 Å². The monoisotopic (exact) mass is 346 g/mol. The number of amides is 2. The van der Waals surface area contributed by atoms with E-state index >= 15 is 0 Å². The molecular weight excluding hydrogens is 323 g/mol. The van der Waals surface area contributed by atoms with Gasteiger partial charge in [-0.1, -0.05) is 0 Å². The molecule has 0 saturated heterocycles. The summed E-state index contributed by atoms with van der Waals surface area (Å²) >= 11 is 0. The van der Waals surface area contributed by atoms with Crippen LogP contribution in [0.3, 0.4) is 0 Å². The van der Waals surface area contributed by atoms with Crippen molar-refractivity contribution in [2.75, 3.05) is 0 Å². The zero-order chi connectivity index (χ0) is 18.8. The van der Waals surface area contributed by atoms with Gasteiger partial charge in [0, 0.05) is 5.54 Å². The van der Waals surface area contributed by atoms with Crippen LogP contribution in [0.4, 0.5) is 4.39 Å². The van der Waals surface area contributed by atoms with Crippen molar-refractivity contribution in [3.63, 3.8) is 0 Å². The second-order valence-electron chi connectivity index (χ2n) is 6.97. The molecule has 6 nitrogen and oxygen atoms in total. The first-order valence-corrected chi connectivity index (χ1v) is 8.02. The van der Waals surface area contributed by atoms with E-state index in [-0.39, 0.29) is 23.2 Å². The Bertz CT molecular complexity index is 775. The summed E-state index contributed by atoms with van der Waals surface area (Å²) in [4.78, 5) is 24.5. The predicted molar refractivity (Wildman–Crippen MR) is 93.1 cm³/mol. The van der Waals surface area contributed by atoms with Crippen LogP contribution in [0, 0.1) is 12.7 Å². The lowest BCUT2D eigenvalue weighted by Gasteiger charge is -2.23. The van der Waals surface area contributed by atoms with E-state index in [1.54, 1.807) is 30.7 Å². The molecule has 0 aliphatic rings. The van der Waals surface area contributed by atoms with E-state index in [0.29, 0.717) is 16.9 Å². The molecule has 0 fully saturated rings. The van der Waals surface area contributed by atoms with Crippen LogP contribution in [0.15, 0.2) is 30.5 Å². The Kier molecular flexibility index (Phi) is 5.25. The predicted octanol–water partition coefficient (Wildman–Crippen LogP) is 2.35. The van der Waals surface area contributed by atoms with Crippen molar-refractivity contribution in [1.29, 1.82) is 0 Å². The highest BCUT2D eigenvalue weighted by atomic mass is 19.1. The standard InChI is InChI=1S/C18H23FN4O2/c1-11(16(24)22-18(3,4)5)21-17(25)15-10-20-23(12(15)2)14-8-6-13(19)7-9-14/h6-11H,1-5H3,(H,21,25)(H,22,24)/t11-/m0/s1. The molecule has 0 aliphatic heterocycles. The molecule has 1 aromatic carbocycles. The molecule has 0 unspecified atom stereocenters. The number of carbonyl (C=O) groups excluding carboxylic acids is 2. The molecule has 0 radical (unpaired) electrons. The molecule has 1 heterocycles. The molecule has 2 N–H and O–H groups in total. The summed E-state index contributed by atoms with van der Waals surface area (Å²) in [6.45, 7) is 8.98. The second kappa shape index (κ2) is 7.04. The van der Waals surface area contributed by atoms with Crippen molar-refractivity contribution in [2.45, 2.75) is 46.2 Å². The molecule has 1 atom stereocenters. The third kappa shape index (κ3) is 4.65. The maximum atomic E-state index is 13.0. The molecule has 2 amide bonds. The van der Waals surface area contributed by atoms with Gasteiger partial charge in [-0.25, -0.2) is 9.07 Å². The molecular formula is C18H23FN4O2. The van der Waals surface area contributed by atoms with Crippen molar-refractivity contribution >= 4 is 11.8 Å². The smallest absolute Gasteiger partial charge is 0.255 e. The lowest BCUT2D eigenvalue weighted by Crippen LogP contribution is -2.50. The van der Waals surface area contributed by atoms with Crippen molar-refractivity contribution in [1.82, 2.24) is 20.4 Å². The van der Waals surface area contributed by atoms with Gasteiger partial charge in [0.2, 0.25) is 5.91 Å². The van der Waals surface area contributed by atoms with Gasteiger partial charge in [-0.3, -0.25) is 9.59 Å². The minimum absolute atomic E-state index is 0.260. The van der Waals surface area contributed by atoms with Crippen molar-refractivity contribution < 1.29 is 14.0 Å². The average Bonchev–Trinajstić information content (AvgIpc) is 2.88. The van der Waals surface area contributed by atoms with Gasteiger partial charge in [0.25, 0.3) is 5.91 Å². The number of hydrogen-bond acceptors (Lipinski definition) is 3. The fourth-order valence-corrected chi connectivity index (χ4v) is 2.29. The van der Waals surface area contributed by atoms with E-state index in [4.69, 9.17) is 0 Å². The molecule has 7 heteroatoms. The van der Waals surface area contributed by atoms with Gasteiger partial charge in [0.1, 0.15) is 11.9 Å². The number of hydrogen-bond donors (Lipinski definition) is 2. The van der Waals surface area contributed by atoms with Crippen LogP contribution >= 0.6 is 0 Å². The van der Waals surface area contributed by atoms with Crippen LogP contribution in [0.2, 0.25) is 0 Å². The zero-order valence-corrected chi connectivity index (χ0v) is 15.1. The quantitative estimate of drug-likeness (QED) is 0.892. The first kappa shape index (κ1) is 18.6. The molecule has 134 valence electrons. The van der Waals surface area contributed by atoms with Gasteiger partial charge in [-0.2, -0.15) is 5.10 Å². The molecule has 2 aromatic rings. The molecule has 25 heavy (non-hydrogen) atoms. The van der Waals surface area contributed by atoms with E-state index in [1.807, 2.05) is 20.8 Å². The topological polar surface area (TPSA) is 76.0 Å². The number of nitrogens with zero attached hydrogens (tertiary/aromatic N) is 2. The first-order valence-electron chi connectivity index (χ1n) is 8.02. The summed E-state index contributed by atoms with van der Waals surface area (Å²) in [6.07, 6.45) is 1.43. The lowest BCUT2D eigenvalue weighted by molar-refractivity contribution is -0.124. The molecule has 2 rings (SSSR count). The normalized spacial score (nSPS) is 12.6. The van der Waals surface area contributed by atoms with Crippen molar-refractivity contribution in [2.24, 2.45) is 0 Å². The van der Waals surface area contributed by atoms with Crippen LogP contribution in [-0.4, -0.2) is 33.2 Å². The van der Waals surface area contributed by atoms with E-state index in [9.17, 15) is 14.0 Å². The Morgan fingerprint density at radius 3 is 2.36 bits per heavy atom. The van der Waals surface area contributed by atoms with Crippen molar-refractivity contribution in [3.8, 4) is 5.69 Å². The first-order chi connectivity index (χ1) is 11.6. The van der Waals surface area contributed by atoms with Gasteiger partial charge >= 0.3 is 0 Å². The zero-order valence-electron chi connectivity index (χ0n) is 15.1. The van der Waals surface area contributed by atoms with Gasteiger partial charge in [-0.05, 0) is 58.9 Å². The number of carbonyl (C=O) groups is 2. The van der Waals surface area contributed by atoms with E-state index in [1.165, 1.54) is 18.3 Å². The van der Waals surface area contributed by atoms with Crippen LogP contribution in [0.1, 0.15) is 43.7 Å². The third-order valence-electron chi connectivity index (χ3n) is 3.56. The van der Waals surface area contributed by atoms with Crippen LogP contribution in [0.5, 0.6) is 0 Å². The summed E-state index contributed by atoms with van der Waals surface area (Å²) < 4.78 is 14.6. The Morgan fingerprint density at radius 2 is 1.80 bits per heavy atom. The SMILES string of the molecule is Cc1c(C(=O)N[C@@H](C)C(=O)NC(C)(C)C)cnn1-c1ccc(F)cc1. The Hall–Kier alpha value is -2.70. The number of rotatable bonds is 4. The largest absolute Gasteiger partial charge is 0.350 e. The maximum absolute atomic E-state index is 13.0. The Morgan fingerprint density at radius 1 is 1.20 bits per heavy atom. The summed E-state index contributed by atoms with van der Waals surface area (Å²) in [5.74, 6) is -0.989. The Labute approximate surface area is 146 Å². The van der Waals surface area contributed by atoms with Gasteiger partial charge in [0.15, 0.2) is 0 Å². The number of benzene rings is 1. The van der Waals surface area contributed by atoms with E-state index in [2.05, 4.69) is 15.7 Å². The molecule has 1 aromatic heterocycles. The number of aromatic nitrogens is 2. The van der Waals surface area contributed by atoms with Crippen LogP contribution < -0.4 is 10.6 Å². The highest BCUT2D eigenvalue weighted by molar-refractivity contribution is 5.98. The lowest BCUT2D eigenvalue weighted by atomic mass is 10.1. The third-order valence-corrected chi connectivity index (χ3v) is 3.56. The average molecular weight is 346 g/mol. The van der Waals surface area contributed by atoms with Gasteiger partial charge in [0.05, 0.1) is 23.1 Å². The summed E-state index contributed by atoms with van der Waals surface area (Å²) in [7, 11) is 0. The summed E-state index contributed by atoms with van der Waals surface area (Å²) in [5, 5.41) is 9.67. The molecule has 0 saturated carbocycles. The maximum Gasteiger partial charge on any atom is 0.255 e. The van der Waals surface area contributed by atoms with Crippen molar-refractivity contribution in [3.05, 3.63) is 47.5 Å². The van der Waals surface area contributed by atoms with E-state index in [0.717, 1.165) is 0 Å². The molecule has 0 spiro atoms. The molecule has 0 bridgehead atoms. The molecule has 0 aliphatic carbocycles. The fraction of sp³-hybridized carbons (Fsp3) is 0.389. The fourth-order valence-electron chi connectivity index (χ4n) is 2.29. The second-order valence-corrected chi connectivity index (χ2v) is 6.97. The van der Waals surface area contributed by atoms with Crippen LogP contribution in [-0.2, 0) is 4.79 Å². The highest BCUT2D eigenvalue weighted by Gasteiger charge is 2.23. The van der Waals surface area contributed by atoms with Crippen LogP contribution in [0.25, 0.3) is 5.69 Å². The minimum atomic E-state index is -0.680. The summed E-state index contributed by atoms with van der Waals surface area (Å²) in [6, 6.07) is 5.14.